The van der Waals surface area contributed by atoms with E-state index in [2.05, 4.69) is 11.3 Å². The van der Waals surface area contributed by atoms with Crippen molar-refractivity contribution in [2.45, 2.75) is 6.85 Å². The van der Waals surface area contributed by atoms with Crippen LogP contribution in [0.4, 0.5) is 0 Å². The molecule has 0 atom stereocenters. The van der Waals surface area contributed by atoms with Gasteiger partial charge in [0, 0.05) is 32.7 Å². The highest BCUT2D eigenvalue weighted by molar-refractivity contribution is 6.09. The minimum atomic E-state index is -2.76. The Balaban J connectivity index is 1.07. The maximum Gasteiger partial charge on any atom is 0.269 e. The molecule has 3 aromatic heterocycles. The SMILES string of the molecule is [2H]c1c([2H])c([2H])c(-c2ccccc2-[n+]2[c-]n(-c3cccc(Oc4ccc5c6ccccc6n(-c6cc(C([2H])([2H])[2H])c(-c7c([2H])c([2H])c([2H])c([2H])c7[2H])cn6)c5c4)c3)c3ccccc32)c([2H])c1[2H]. The summed E-state index contributed by atoms with van der Waals surface area (Å²) in [5, 5.41) is 1.68. The van der Waals surface area contributed by atoms with Crippen molar-refractivity contribution in [3.63, 3.8) is 0 Å². The third-order valence-electron chi connectivity index (χ3n) is 9.32. The van der Waals surface area contributed by atoms with E-state index in [0.29, 0.717) is 39.5 Å². The monoisotopic (exact) mass is 707 g/mol. The fourth-order valence-corrected chi connectivity index (χ4v) is 6.93. The molecule has 10 rings (SSSR count). The number of imidazole rings is 1. The van der Waals surface area contributed by atoms with Crippen molar-refractivity contribution in [2.75, 3.05) is 0 Å². The van der Waals surface area contributed by atoms with Gasteiger partial charge in [-0.2, -0.15) is 0 Å². The molecule has 0 aliphatic carbocycles. The second kappa shape index (κ2) is 13.1. The van der Waals surface area contributed by atoms with Gasteiger partial charge in [0.1, 0.15) is 17.3 Å². The number of aromatic nitrogens is 4. The van der Waals surface area contributed by atoms with Crippen LogP contribution in [0.1, 0.15) is 23.4 Å². The molecule has 10 aromatic rings. The number of benzene rings is 7. The summed E-state index contributed by atoms with van der Waals surface area (Å²) in [4.78, 5) is 4.67. The second-order valence-corrected chi connectivity index (χ2v) is 12.5. The number of hydrogen-bond donors (Lipinski definition) is 0. The van der Waals surface area contributed by atoms with E-state index in [4.69, 9.17) is 22.6 Å². The molecule has 7 aromatic carbocycles. The summed E-state index contributed by atoms with van der Waals surface area (Å²) in [5.74, 6) is 1.15. The lowest BCUT2D eigenvalue weighted by Gasteiger charge is -2.12. The molecule has 3 heterocycles. The van der Waals surface area contributed by atoms with Crippen LogP contribution in [0, 0.1) is 13.2 Å². The van der Waals surface area contributed by atoms with Crippen molar-refractivity contribution in [2.24, 2.45) is 0 Å². The number of para-hydroxylation sites is 4. The van der Waals surface area contributed by atoms with Gasteiger partial charge in [0.25, 0.3) is 6.33 Å². The predicted molar refractivity (Wildman–Crippen MR) is 218 cm³/mol. The van der Waals surface area contributed by atoms with E-state index in [1.54, 1.807) is 27.3 Å². The molecule has 54 heavy (non-hydrogen) atoms. The number of ether oxygens (including phenoxy) is 1. The molecule has 5 nitrogen and oxygen atoms in total. The Morgan fingerprint density at radius 2 is 1.33 bits per heavy atom. The first kappa shape index (κ1) is 20.7. The summed E-state index contributed by atoms with van der Waals surface area (Å²) in [6, 6.07) is 31.8. The highest BCUT2D eigenvalue weighted by Crippen LogP contribution is 2.36. The molecule has 5 heteroatoms. The minimum absolute atomic E-state index is 0.0737. The van der Waals surface area contributed by atoms with Crippen LogP contribution >= 0.6 is 0 Å². The van der Waals surface area contributed by atoms with Crippen LogP contribution < -0.4 is 9.30 Å². The van der Waals surface area contributed by atoms with Crippen molar-refractivity contribution in [1.82, 2.24) is 14.1 Å². The molecular formula is C49H34N4O. The summed E-state index contributed by atoms with van der Waals surface area (Å²) in [7, 11) is 0. The molecule has 0 bridgehead atoms. The Labute approximate surface area is 331 Å². The van der Waals surface area contributed by atoms with Crippen molar-refractivity contribution in [3.05, 3.63) is 200 Å². The smallest absolute Gasteiger partial charge is 0.269 e. The number of pyridine rings is 1. The molecule has 0 amide bonds. The van der Waals surface area contributed by atoms with Crippen LogP contribution in [-0.4, -0.2) is 14.1 Å². The largest absolute Gasteiger partial charge is 0.458 e. The number of rotatable bonds is 7. The molecule has 0 N–H and O–H groups in total. The van der Waals surface area contributed by atoms with Gasteiger partial charge in [0.05, 0.1) is 47.1 Å². The van der Waals surface area contributed by atoms with E-state index in [-0.39, 0.29) is 40.2 Å². The van der Waals surface area contributed by atoms with Crippen LogP contribution in [0.5, 0.6) is 11.5 Å². The van der Waals surface area contributed by atoms with Crippen molar-refractivity contribution in [1.29, 1.82) is 0 Å². The van der Waals surface area contributed by atoms with Gasteiger partial charge in [0.15, 0.2) is 0 Å². The fourth-order valence-electron chi connectivity index (χ4n) is 6.93. The lowest BCUT2D eigenvalue weighted by molar-refractivity contribution is -0.571. The predicted octanol–water partition coefficient (Wildman–Crippen LogP) is 11.6. The zero-order chi connectivity index (χ0) is 47.2. The van der Waals surface area contributed by atoms with Gasteiger partial charge in [-0.3, -0.25) is 13.7 Å². The Bertz CT molecular complexity index is 3630. The van der Waals surface area contributed by atoms with Gasteiger partial charge >= 0.3 is 0 Å². The molecule has 0 spiro atoms. The first-order valence-electron chi connectivity index (χ1n) is 23.6. The van der Waals surface area contributed by atoms with Crippen LogP contribution in [0.25, 0.3) is 72.3 Å². The van der Waals surface area contributed by atoms with Crippen molar-refractivity contribution < 1.29 is 27.1 Å². The summed E-state index contributed by atoms with van der Waals surface area (Å²) in [5.41, 5.74) is 4.01. The Morgan fingerprint density at radius 3 is 2.17 bits per heavy atom. The van der Waals surface area contributed by atoms with Crippen molar-refractivity contribution in [3.8, 4) is 50.9 Å². The van der Waals surface area contributed by atoms with E-state index >= 15 is 0 Å². The zero-order valence-corrected chi connectivity index (χ0v) is 28.3. The fraction of sp³-hybridized carbons (Fsp3) is 0.0204. The quantitative estimate of drug-likeness (QED) is 0.122. The zero-order valence-electron chi connectivity index (χ0n) is 41.3. The van der Waals surface area contributed by atoms with Gasteiger partial charge in [0.2, 0.25) is 0 Å². The Kier molecular flexibility index (Phi) is 5.01. The standard InChI is InChI=1S/C49H34N4O/c1-34-29-49(50-32-43(34)36-17-6-3-7-18-36)53-45-24-11-9-22-41(45)42-28-27-39(31-48(42)53)54-38-20-14-19-37(30-38)51-33-52(47-26-13-12-25-46(47)51)44-23-10-8-21-40(44)35-15-4-2-5-16-35/h2-32H,1H3/i1D3,2D,3D,4D,5D,6D,7D,15D,16D,17D,18D. The van der Waals surface area contributed by atoms with Crippen LogP contribution in [0.15, 0.2) is 188 Å². The van der Waals surface area contributed by atoms with Gasteiger partial charge < -0.3 is 4.74 Å². The number of aryl methyl sites for hydroxylation is 1. The molecule has 0 aliphatic rings. The lowest BCUT2D eigenvalue weighted by atomic mass is 10.0. The summed E-state index contributed by atoms with van der Waals surface area (Å²) < 4.78 is 121. The molecule has 0 aliphatic heterocycles. The van der Waals surface area contributed by atoms with Crippen LogP contribution in [0.2, 0.25) is 0 Å². The maximum atomic E-state index is 8.71. The third-order valence-corrected chi connectivity index (χ3v) is 9.32. The summed E-state index contributed by atoms with van der Waals surface area (Å²) >= 11 is 0. The number of fused-ring (bicyclic) bond motifs is 4. The molecule has 256 valence electrons. The van der Waals surface area contributed by atoms with E-state index < -0.39 is 55.2 Å². The normalized spacial score (nSPS) is 15.1. The Hall–Kier alpha value is -7.24. The van der Waals surface area contributed by atoms with Crippen LogP contribution in [0.3, 0.4) is 0 Å². The first-order valence-corrected chi connectivity index (χ1v) is 17.1. The van der Waals surface area contributed by atoms with Crippen LogP contribution in [-0.2, 0) is 0 Å². The lowest BCUT2D eigenvalue weighted by Crippen LogP contribution is -2.30. The maximum absolute atomic E-state index is 8.71. The number of hydrogen-bond acceptors (Lipinski definition) is 2. The molecular weight excluding hydrogens is 661 g/mol. The minimum Gasteiger partial charge on any atom is -0.458 e. The van der Waals surface area contributed by atoms with E-state index in [1.165, 1.54) is 12.3 Å². The topological polar surface area (TPSA) is 35.9 Å². The Morgan fingerprint density at radius 1 is 0.630 bits per heavy atom. The number of nitrogens with zero attached hydrogens (tertiary/aromatic N) is 4. The van der Waals surface area contributed by atoms with E-state index in [9.17, 15) is 0 Å². The average molecular weight is 708 g/mol. The molecule has 0 radical (unpaired) electrons. The highest BCUT2D eigenvalue weighted by Gasteiger charge is 2.18. The van der Waals surface area contributed by atoms with Gasteiger partial charge in [-0.05, 0) is 77.6 Å². The summed E-state index contributed by atoms with van der Waals surface area (Å²) in [6.45, 7) is -2.76. The van der Waals surface area contributed by atoms with E-state index in [1.807, 2.05) is 102 Å². The summed E-state index contributed by atoms with van der Waals surface area (Å²) in [6.07, 6.45) is 4.69. The average Bonchev–Trinajstić information content (AvgIpc) is 3.88. The van der Waals surface area contributed by atoms with Gasteiger partial charge in [-0.15, -0.1) is 0 Å². The highest BCUT2D eigenvalue weighted by atomic mass is 16.5. The molecule has 0 unspecified atom stereocenters. The van der Waals surface area contributed by atoms with Gasteiger partial charge in [-0.1, -0.05) is 127 Å². The first-order chi connectivity index (χ1) is 32.0. The van der Waals surface area contributed by atoms with Gasteiger partial charge in [-0.25, -0.2) is 4.98 Å². The second-order valence-electron chi connectivity index (χ2n) is 12.5. The van der Waals surface area contributed by atoms with E-state index in [0.717, 1.165) is 21.8 Å². The van der Waals surface area contributed by atoms with Crippen molar-refractivity contribution >= 4 is 32.8 Å². The molecule has 0 saturated carbocycles. The molecule has 0 saturated heterocycles. The molecule has 0 fully saturated rings. The third kappa shape index (κ3) is 5.42.